The topological polar surface area (TPSA) is 55.1 Å². The number of halogens is 1. The number of carbonyl (C=O) groups excluding carboxylic acids is 1. The van der Waals surface area contributed by atoms with E-state index in [0.29, 0.717) is 11.5 Å². The van der Waals surface area contributed by atoms with E-state index in [9.17, 15) is 4.79 Å². The highest BCUT2D eigenvalue weighted by Crippen LogP contribution is 2.29. The number of aromatic nitrogens is 1. The Balaban J connectivity index is 1.68. The lowest BCUT2D eigenvalue weighted by Gasteiger charge is -2.10. The predicted molar refractivity (Wildman–Crippen MR) is 116 cm³/mol. The molecule has 0 fully saturated rings. The van der Waals surface area contributed by atoms with Gasteiger partial charge < -0.3 is 9.73 Å². The lowest BCUT2D eigenvalue weighted by Crippen LogP contribution is -2.12. The first kappa shape index (κ1) is 18.4. The Labute approximate surface area is 171 Å². The van der Waals surface area contributed by atoms with Gasteiger partial charge in [-0.2, -0.15) is 0 Å². The number of amides is 1. The maximum Gasteiger partial charge on any atom is 0.255 e. The molecule has 0 bridgehead atoms. The number of hydrogen-bond acceptors (Lipinski definition) is 3. The van der Waals surface area contributed by atoms with Gasteiger partial charge in [-0.15, -0.1) is 0 Å². The van der Waals surface area contributed by atoms with E-state index in [0.717, 1.165) is 32.4 Å². The summed E-state index contributed by atoms with van der Waals surface area (Å²) in [6, 6.07) is 17.1. The molecule has 0 aliphatic carbocycles. The van der Waals surface area contributed by atoms with Crippen molar-refractivity contribution < 1.29 is 9.21 Å². The molecule has 1 aromatic heterocycles. The van der Waals surface area contributed by atoms with Crippen molar-refractivity contribution in [2.75, 3.05) is 5.32 Å². The molecule has 0 unspecified atom stereocenters. The molecule has 1 amide bonds. The maximum atomic E-state index is 12.6. The first-order valence-electron chi connectivity index (χ1n) is 8.96. The Morgan fingerprint density at radius 1 is 0.964 bits per heavy atom. The summed E-state index contributed by atoms with van der Waals surface area (Å²) in [5.41, 5.74) is 7.05. The van der Waals surface area contributed by atoms with Crippen molar-refractivity contribution in [1.29, 1.82) is 0 Å². The fourth-order valence-corrected chi connectivity index (χ4v) is 3.42. The van der Waals surface area contributed by atoms with Crippen LogP contribution >= 0.6 is 15.9 Å². The van der Waals surface area contributed by atoms with Gasteiger partial charge in [-0.25, -0.2) is 4.98 Å². The van der Waals surface area contributed by atoms with E-state index in [1.54, 1.807) is 12.1 Å². The molecule has 0 saturated carbocycles. The second kappa shape index (κ2) is 7.24. The number of rotatable bonds is 3. The average molecular weight is 435 g/mol. The summed E-state index contributed by atoms with van der Waals surface area (Å²) in [6.07, 6.45) is 0. The number of carbonyl (C=O) groups is 1. The van der Waals surface area contributed by atoms with Crippen molar-refractivity contribution in [1.82, 2.24) is 4.98 Å². The summed E-state index contributed by atoms with van der Waals surface area (Å²) in [5.74, 6) is 0.378. The van der Waals surface area contributed by atoms with E-state index < -0.39 is 0 Å². The van der Waals surface area contributed by atoms with E-state index in [2.05, 4.69) is 40.1 Å². The summed E-state index contributed by atoms with van der Waals surface area (Å²) in [4.78, 5) is 17.2. The third-order valence-electron chi connectivity index (χ3n) is 4.82. The van der Waals surface area contributed by atoms with Crippen molar-refractivity contribution in [3.8, 4) is 11.5 Å². The maximum absolute atomic E-state index is 12.6. The molecule has 4 nitrogen and oxygen atoms in total. The smallest absolute Gasteiger partial charge is 0.255 e. The highest BCUT2D eigenvalue weighted by Gasteiger charge is 2.13. The lowest BCUT2D eigenvalue weighted by atomic mass is 10.1. The molecule has 5 heteroatoms. The molecule has 140 valence electrons. The number of nitrogens with one attached hydrogen (secondary N) is 1. The molecular weight excluding hydrogens is 416 g/mol. The molecule has 0 saturated heterocycles. The van der Waals surface area contributed by atoms with E-state index in [1.807, 2.05) is 49.4 Å². The number of hydrogen-bond donors (Lipinski definition) is 1. The summed E-state index contributed by atoms with van der Waals surface area (Å²) in [7, 11) is 0. The minimum absolute atomic E-state index is 0.162. The van der Waals surface area contributed by atoms with Gasteiger partial charge in [0.25, 0.3) is 5.91 Å². The van der Waals surface area contributed by atoms with Crippen LogP contribution in [0.5, 0.6) is 0 Å². The Kier molecular flexibility index (Phi) is 4.77. The van der Waals surface area contributed by atoms with Crippen molar-refractivity contribution in [3.05, 3.63) is 81.3 Å². The quantitative estimate of drug-likeness (QED) is 0.403. The molecule has 0 radical (unpaired) electrons. The van der Waals surface area contributed by atoms with E-state index in [-0.39, 0.29) is 5.91 Å². The van der Waals surface area contributed by atoms with Gasteiger partial charge in [0.2, 0.25) is 5.89 Å². The Morgan fingerprint density at radius 3 is 2.54 bits per heavy atom. The Hall–Kier alpha value is -2.92. The minimum Gasteiger partial charge on any atom is -0.436 e. The third kappa shape index (κ3) is 3.58. The van der Waals surface area contributed by atoms with Gasteiger partial charge in [0.05, 0.1) is 0 Å². The Morgan fingerprint density at radius 2 is 1.75 bits per heavy atom. The fourth-order valence-electron chi connectivity index (χ4n) is 3.02. The highest BCUT2D eigenvalue weighted by atomic mass is 79.9. The van der Waals surface area contributed by atoms with E-state index in [1.165, 1.54) is 11.1 Å². The van der Waals surface area contributed by atoms with Crippen LogP contribution in [0.1, 0.15) is 27.0 Å². The van der Waals surface area contributed by atoms with Crippen LogP contribution in [0.4, 0.5) is 5.69 Å². The first-order valence-corrected chi connectivity index (χ1v) is 9.76. The largest absolute Gasteiger partial charge is 0.436 e. The van der Waals surface area contributed by atoms with Crippen molar-refractivity contribution in [2.24, 2.45) is 0 Å². The molecule has 0 aliphatic rings. The predicted octanol–water partition coefficient (Wildman–Crippen LogP) is 6.43. The molecule has 4 rings (SSSR count). The zero-order valence-corrected chi connectivity index (χ0v) is 17.4. The van der Waals surface area contributed by atoms with Crippen molar-refractivity contribution in [2.45, 2.75) is 20.8 Å². The Bertz CT molecular complexity index is 1170. The van der Waals surface area contributed by atoms with Crippen LogP contribution in [0.25, 0.3) is 22.6 Å². The van der Waals surface area contributed by atoms with E-state index in [4.69, 9.17) is 4.42 Å². The van der Waals surface area contributed by atoms with Crippen LogP contribution in [-0.2, 0) is 0 Å². The zero-order valence-electron chi connectivity index (χ0n) is 15.8. The van der Waals surface area contributed by atoms with Gasteiger partial charge in [-0.1, -0.05) is 28.1 Å². The van der Waals surface area contributed by atoms with Gasteiger partial charge in [0, 0.05) is 21.3 Å². The summed E-state index contributed by atoms with van der Waals surface area (Å²) in [6.45, 7) is 6.07. The molecule has 0 aliphatic heterocycles. The number of aryl methyl sites for hydroxylation is 3. The molecule has 0 atom stereocenters. The first-order chi connectivity index (χ1) is 13.4. The van der Waals surface area contributed by atoms with Crippen molar-refractivity contribution >= 4 is 38.6 Å². The van der Waals surface area contributed by atoms with Crippen LogP contribution in [0.3, 0.4) is 0 Å². The molecule has 3 aromatic carbocycles. The third-order valence-corrected chi connectivity index (χ3v) is 5.32. The molecule has 28 heavy (non-hydrogen) atoms. The van der Waals surface area contributed by atoms with Gasteiger partial charge in [-0.05, 0) is 79.9 Å². The number of anilines is 1. The monoisotopic (exact) mass is 434 g/mol. The van der Waals surface area contributed by atoms with Crippen LogP contribution in [0.15, 0.2) is 63.5 Å². The lowest BCUT2D eigenvalue weighted by molar-refractivity contribution is 0.102. The second-order valence-corrected chi connectivity index (χ2v) is 7.83. The van der Waals surface area contributed by atoms with Crippen LogP contribution in [0.2, 0.25) is 0 Å². The fraction of sp³-hybridized carbons (Fsp3) is 0.130. The van der Waals surface area contributed by atoms with Crippen molar-refractivity contribution in [3.63, 3.8) is 0 Å². The standard InChI is InChI=1S/C23H19BrN2O2/c1-13-7-8-17(23-26-20-9-14(2)15(3)10-21(20)28-23)12-19(13)25-22(27)16-5-4-6-18(24)11-16/h4-12H,1-3H3,(H,25,27). The van der Waals surface area contributed by atoms with E-state index >= 15 is 0 Å². The summed E-state index contributed by atoms with van der Waals surface area (Å²) >= 11 is 3.40. The van der Waals surface area contributed by atoms with Crippen LogP contribution < -0.4 is 5.32 Å². The minimum atomic E-state index is -0.162. The second-order valence-electron chi connectivity index (χ2n) is 6.92. The highest BCUT2D eigenvalue weighted by molar-refractivity contribution is 9.10. The normalized spacial score (nSPS) is 11.0. The van der Waals surface area contributed by atoms with Gasteiger partial charge in [-0.3, -0.25) is 4.79 Å². The molecule has 0 spiro atoms. The van der Waals surface area contributed by atoms with Gasteiger partial charge in [0.15, 0.2) is 5.58 Å². The molecule has 4 aromatic rings. The molecule has 1 heterocycles. The van der Waals surface area contributed by atoms with Crippen LogP contribution in [0, 0.1) is 20.8 Å². The number of fused-ring (bicyclic) bond motifs is 1. The van der Waals surface area contributed by atoms with Gasteiger partial charge in [0.1, 0.15) is 5.52 Å². The number of oxazole rings is 1. The summed E-state index contributed by atoms with van der Waals surface area (Å²) < 4.78 is 6.82. The molecule has 1 N–H and O–H groups in total. The molecular formula is C23H19BrN2O2. The summed E-state index contributed by atoms with van der Waals surface area (Å²) in [5, 5.41) is 2.99. The van der Waals surface area contributed by atoms with Gasteiger partial charge >= 0.3 is 0 Å². The average Bonchev–Trinajstić information content (AvgIpc) is 3.06. The SMILES string of the molecule is Cc1cc2nc(-c3ccc(C)c(NC(=O)c4cccc(Br)c4)c3)oc2cc1C. The number of nitrogens with zero attached hydrogens (tertiary/aromatic N) is 1. The zero-order chi connectivity index (χ0) is 19.8. The van der Waals surface area contributed by atoms with Crippen LogP contribution in [-0.4, -0.2) is 10.9 Å². The number of benzene rings is 3.